The van der Waals surface area contributed by atoms with Crippen molar-refractivity contribution in [2.45, 2.75) is 6.18 Å². The molecule has 0 fully saturated rings. The predicted octanol–water partition coefficient (Wildman–Crippen LogP) is 3.09. The summed E-state index contributed by atoms with van der Waals surface area (Å²) in [5.74, 6) is 1.05. The van der Waals surface area contributed by atoms with Crippen LogP contribution >= 0.6 is 0 Å². The average molecular weight is 257 g/mol. The second-order valence-corrected chi connectivity index (χ2v) is 3.64. The molecule has 0 spiro atoms. The number of hydrogen-bond acceptors (Lipinski definition) is 4. The lowest BCUT2D eigenvalue weighted by molar-refractivity contribution is -0.142. The van der Waals surface area contributed by atoms with Crippen LogP contribution in [0.2, 0.25) is 0 Å². The summed E-state index contributed by atoms with van der Waals surface area (Å²) in [7, 11) is 0. The number of aromatic nitrogens is 1. The summed E-state index contributed by atoms with van der Waals surface area (Å²) < 4.78 is 52.0. The van der Waals surface area contributed by atoms with Crippen molar-refractivity contribution in [1.82, 2.24) is 5.16 Å². The largest absolute Gasteiger partial charge is 0.454 e. The van der Waals surface area contributed by atoms with Gasteiger partial charge in [-0.25, -0.2) is 0 Å². The fourth-order valence-electron chi connectivity index (χ4n) is 1.59. The topological polar surface area (TPSA) is 44.5 Å². The number of fused-ring (bicyclic) bond motifs is 1. The zero-order chi connectivity index (χ0) is 12.8. The van der Waals surface area contributed by atoms with E-state index in [-0.39, 0.29) is 12.6 Å². The molecule has 2 heterocycles. The molecule has 0 amide bonds. The maximum atomic E-state index is 12.4. The molecule has 94 valence electrons. The Kier molecular flexibility index (Phi) is 2.22. The number of alkyl halides is 3. The van der Waals surface area contributed by atoms with Crippen LogP contribution in [0.25, 0.3) is 11.3 Å². The lowest BCUT2D eigenvalue weighted by Crippen LogP contribution is -2.04. The first-order valence-electron chi connectivity index (χ1n) is 4.98. The van der Waals surface area contributed by atoms with Crippen molar-refractivity contribution >= 4 is 0 Å². The van der Waals surface area contributed by atoms with Crippen molar-refractivity contribution in [3.8, 4) is 22.8 Å². The van der Waals surface area contributed by atoms with E-state index in [1.54, 1.807) is 18.2 Å². The molecule has 0 N–H and O–H groups in total. The first-order valence-corrected chi connectivity index (χ1v) is 4.98. The minimum atomic E-state index is -4.52. The van der Waals surface area contributed by atoms with E-state index in [4.69, 9.17) is 9.47 Å². The Morgan fingerprint density at radius 3 is 2.56 bits per heavy atom. The Labute approximate surface area is 98.9 Å². The molecular weight excluding hydrogens is 251 g/mol. The van der Waals surface area contributed by atoms with Crippen molar-refractivity contribution in [3.05, 3.63) is 30.0 Å². The van der Waals surface area contributed by atoms with E-state index in [2.05, 4.69) is 9.68 Å². The highest BCUT2D eigenvalue weighted by Gasteiger charge is 2.35. The maximum absolute atomic E-state index is 12.4. The first kappa shape index (κ1) is 10.9. The molecule has 7 heteroatoms. The van der Waals surface area contributed by atoms with Gasteiger partial charge in [0.05, 0.1) is 0 Å². The third kappa shape index (κ3) is 1.77. The van der Waals surface area contributed by atoms with E-state index in [0.717, 1.165) is 6.07 Å². The molecule has 4 nitrogen and oxygen atoms in total. The lowest BCUT2D eigenvalue weighted by Gasteiger charge is -1.99. The minimum Gasteiger partial charge on any atom is -0.454 e. The Morgan fingerprint density at radius 2 is 1.83 bits per heavy atom. The lowest BCUT2D eigenvalue weighted by atomic mass is 10.1. The highest BCUT2D eigenvalue weighted by molar-refractivity contribution is 5.63. The maximum Gasteiger partial charge on any atom is 0.436 e. The van der Waals surface area contributed by atoms with E-state index in [9.17, 15) is 13.2 Å². The zero-order valence-electron chi connectivity index (χ0n) is 8.82. The predicted molar refractivity (Wildman–Crippen MR) is 53.1 cm³/mol. The number of hydrogen-bond donors (Lipinski definition) is 0. The number of nitrogens with zero attached hydrogens (tertiary/aromatic N) is 1. The van der Waals surface area contributed by atoms with Gasteiger partial charge in [-0.3, -0.25) is 0 Å². The molecule has 1 aromatic heterocycles. The van der Waals surface area contributed by atoms with Gasteiger partial charge in [-0.2, -0.15) is 13.2 Å². The van der Waals surface area contributed by atoms with Crippen LogP contribution in [0.15, 0.2) is 28.8 Å². The molecule has 0 radical (unpaired) electrons. The quantitative estimate of drug-likeness (QED) is 0.787. The summed E-state index contributed by atoms with van der Waals surface area (Å²) in [6, 6.07) is 5.57. The Morgan fingerprint density at radius 1 is 1.06 bits per heavy atom. The summed E-state index contributed by atoms with van der Waals surface area (Å²) >= 11 is 0. The van der Waals surface area contributed by atoms with Gasteiger partial charge in [-0.1, -0.05) is 5.16 Å². The third-order valence-corrected chi connectivity index (χ3v) is 2.46. The van der Waals surface area contributed by atoms with Crippen molar-refractivity contribution < 1.29 is 27.2 Å². The highest BCUT2D eigenvalue weighted by atomic mass is 19.4. The Hall–Kier alpha value is -2.18. The van der Waals surface area contributed by atoms with Gasteiger partial charge < -0.3 is 14.0 Å². The normalized spacial score (nSPS) is 13.9. The van der Waals surface area contributed by atoms with Crippen LogP contribution in [0.1, 0.15) is 5.69 Å². The second-order valence-electron chi connectivity index (χ2n) is 3.64. The minimum absolute atomic E-state index is 0.0284. The highest BCUT2D eigenvalue weighted by Crippen LogP contribution is 2.37. The van der Waals surface area contributed by atoms with Crippen molar-refractivity contribution in [3.63, 3.8) is 0 Å². The molecule has 1 aliphatic heterocycles. The second kappa shape index (κ2) is 3.66. The average Bonchev–Trinajstić information content (AvgIpc) is 2.96. The molecule has 1 aliphatic rings. The summed E-state index contributed by atoms with van der Waals surface area (Å²) in [6.45, 7) is 0.100. The molecule has 0 aliphatic carbocycles. The fourth-order valence-corrected chi connectivity index (χ4v) is 1.59. The summed E-state index contributed by atoms with van der Waals surface area (Å²) in [4.78, 5) is 0. The van der Waals surface area contributed by atoms with E-state index in [0.29, 0.717) is 17.1 Å². The number of rotatable bonds is 1. The van der Waals surface area contributed by atoms with Crippen molar-refractivity contribution in [1.29, 1.82) is 0 Å². The number of benzene rings is 1. The van der Waals surface area contributed by atoms with Crippen molar-refractivity contribution in [2.75, 3.05) is 6.79 Å². The molecule has 2 aromatic rings. The van der Waals surface area contributed by atoms with E-state index in [1.807, 2.05) is 0 Å². The third-order valence-electron chi connectivity index (χ3n) is 2.46. The first-order chi connectivity index (χ1) is 8.54. The molecule has 3 rings (SSSR count). The van der Waals surface area contributed by atoms with Gasteiger partial charge in [0, 0.05) is 11.6 Å². The van der Waals surface area contributed by atoms with Crippen LogP contribution < -0.4 is 9.47 Å². The molecule has 0 saturated carbocycles. The fraction of sp³-hybridized carbons (Fsp3) is 0.182. The molecule has 0 saturated heterocycles. The zero-order valence-corrected chi connectivity index (χ0v) is 8.82. The number of ether oxygens (including phenoxy) is 2. The van der Waals surface area contributed by atoms with Crippen molar-refractivity contribution in [2.24, 2.45) is 0 Å². The standard InChI is InChI=1S/C11H6F3NO3/c12-11(13,14)10-4-8(18-15-10)6-1-2-7-9(3-6)17-5-16-7/h1-4H,5H2. The van der Waals surface area contributed by atoms with E-state index in [1.165, 1.54) is 0 Å². The summed E-state index contributed by atoms with van der Waals surface area (Å²) in [5, 5.41) is 2.99. The summed E-state index contributed by atoms with van der Waals surface area (Å²) in [5.41, 5.74) is -0.614. The van der Waals surface area contributed by atoms with Crippen LogP contribution in [-0.2, 0) is 6.18 Å². The molecular formula is C11H6F3NO3. The van der Waals surface area contributed by atoms with Crippen LogP contribution in [0, 0.1) is 0 Å². The van der Waals surface area contributed by atoms with Gasteiger partial charge in [0.1, 0.15) is 0 Å². The Balaban J connectivity index is 1.98. The van der Waals surface area contributed by atoms with Crippen LogP contribution in [0.5, 0.6) is 11.5 Å². The van der Waals surface area contributed by atoms with Crippen LogP contribution in [0.4, 0.5) is 13.2 Å². The van der Waals surface area contributed by atoms with Gasteiger partial charge in [0.2, 0.25) is 6.79 Å². The van der Waals surface area contributed by atoms with Gasteiger partial charge in [-0.15, -0.1) is 0 Å². The molecule has 0 atom stereocenters. The molecule has 0 bridgehead atoms. The van der Waals surface area contributed by atoms with Gasteiger partial charge in [0.25, 0.3) is 0 Å². The molecule has 0 unspecified atom stereocenters. The smallest absolute Gasteiger partial charge is 0.436 e. The molecule has 18 heavy (non-hydrogen) atoms. The Bertz CT molecular complexity index is 591. The SMILES string of the molecule is FC(F)(F)c1cc(-c2ccc3c(c2)OCO3)on1. The van der Waals surface area contributed by atoms with Crippen LogP contribution in [0.3, 0.4) is 0 Å². The van der Waals surface area contributed by atoms with E-state index >= 15 is 0 Å². The van der Waals surface area contributed by atoms with Gasteiger partial charge in [0.15, 0.2) is 23.0 Å². The molecule has 1 aromatic carbocycles. The monoisotopic (exact) mass is 257 g/mol. The summed E-state index contributed by atoms with van der Waals surface area (Å²) in [6.07, 6.45) is -4.52. The van der Waals surface area contributed by atoms with E-state index < -0.39 is 11.9 Å². The number of halogens is 3. The van der Waals surface area contributed by atoms with Gasteiger partial charge in [-0.05, 0) is 18.2 Å². The van der Waals surface area contributed by atoms with Crippen LogP contribution in [-0.4, -0.2) is 11.9 Å². The van der Waals surface area contributed by atoms with Gasteiger partial charge >= 0.3 is 6.18 Å².